The van der Waals surface area contributed by atoms with E-state index in [1.807, 2.05) is 19.1 Å². The maximum absolute atomic E-state index is 11.7. The van der Waals surface area contributed by atoms with Crippen LogP contribution >= 0.6 is 0 Å². The summed E-state index contributed by atoms with van der Waals surface area (Å²) in [6.45, 7) is 8.27. The SMILES string of the molecule is C=C(C)C[C@]1(O)C[C@@H](c2ccccc2)N[C@H](c2ccccc2)[C@@H]1CC. The van der Waals surface area contributed by atoms with Crippen LogP contribution in [0.1, 0.15) is 56.3 Å². The molecular formula is C23H29NO. The molecular weight excluding hydrogens is 306 g/mol. The molecule has 2 aromatic carbocycles. The quantitative estimate of drug-likeness (QED) is 0.737. The van der Waals surface area contributed by atoms with Gasteiger partial charge in [-0.1, -0.05) is 73.2 Å². The molecule has 2 heteroatoms. The van der Waals surface area contributed by atoms with E-state index < -0.39 is 5.60 Å². The number of hydrogen-bond donors (Lipinski definition) is 2. The van der Waals surface area contributed by atoms with Crippen LogP contribution in [0.15, 0.2) is 72.8 Å². The topological polar surface area (TPSA) is 32.3 Å². The lowest BCUT2D eigenvalue weighted by Crippen LogP contribution is -2.53. The molecule has 3 rings (SSSR count). The Balaban J connectivity index is 2.01. The second-order valence-corrected chi connectivity index (χ2v) is 7.47. The van der Waals surface area contributed by atoms with Gasteiger partial charge in [0, 0.05) is 18.0 Å². The van der Waals surface area contributed by atoms with Gasteiger partial charge in [0.1, 0.15) is 0 Å². The maximum atomic E-state index is 11.7. The molecule has 0 aliphatic carbocycles. The number of nitrogens with one attached hydrogen (secondary N) is 1. The minimum absolute atomic E-state index is 0.134. The van der Waals surface area contributed by atoms with Crippen molar-refractivity contribution in [3.05, 3.63) is 83.9 Å². The summed E-state index contributed by atoms with van der Waals surface area (Å²) in [6, 6.07) is 21.3. The van der Waals surface area contributed by atoms with Gasteiger partial charge >= 0.3 is 0 Å². The van der Waals surface area contributed by atoms with Crippen molar-refractivity contribution in [2.75, 3.05) is 0 Å². The first-order valence-corrected chi connectivity index (χ1v) is 9.26. The number of aliphatic hydroxyl groups is 1. The van der Waals surface area contributed by atoms with Gasteiger partial charge in [0.15, 0.2) is 0 Å². The normalized spacial score (nSPS) is 29.3. The van der Waals surface area contributed by atoms with Gasteiger partial charge in [-0.05, 0) is 37.3 Å². The molecule has 2 N–H and O–H groups in total. The Morgan fingerprint density at radius 3 is 2.16 bits per heavy atom. The van der Waals surface area contributed by atoms with Crippen LogP contribution in [-0.4, -0.2) is 10.7 Å². The van der Waals surface area contributed by atoms with Crippen molar-refractivity contribution < 1.29 is 5.11 Å². The number of rotatable bonds is 5. The summed E-state index contributed by atoms with van der Waals surface area (Å²) in [6.07, 6.45) is 2.30. The third kappa shape index (κ3) is 3.86. The number of benzene rings is 2. The summed E-state index contributed by atoms with van der Waals surface area (Å²) in [5.74, 6) is 0.159. The van der Waals surface area contributed by atoms with Gasteiger partial charge in [0.2, 0.25) is 0 Å². The Hall–Kier alpha value is -1.90. The smallest absolute Gasteiger partial charge is 0.0748 e. The fraction of sp³-hybridized carbons (Fsp3) is 0.391. The molecule has 1 heterocycles. The molecule has 1 fully saturated rings. The molecule has 0 spiro atoms. The Morgan fingerprint density at radius 1 is 1.08 bits per heavy atom. The summed E-state index contributed by atoms with van der Waals surface area (Å²) in [5, 5.41) is 15.5. The highest BCUT2D eigenvalue weighted by Gasteiger charge is 2.47. The lowest BCUT2D eigenvalue weighted by atomic mass is 9.67. The average Bonchev–Trinajstić information content (AvgIpc) is 2.61. The van der Waals surface area contributed by atoms with Crippen LogP contribution in [0.25, 0.3) is 0 Å². The summed E-state index contributed by atoms with van der Waals surface area (Å²) >= 11 is 0. The standard InChI is InChI=1S/C23H29NO/c1-4-20-22(19-13-9-6-10-14-19)24-21(18-11-7-5-8-12-18)16-23(20,25)15-17(2)3/h5-14,20-22,24-25H,2,4,15-16H2,1,3H3/t20-,21-,22+,23-/m0/s1. The van der Waals surface area contributed by atoms with Crippen molar-refractivity contribution in [2.45, 2.75) is 50.8 Å². The van der Waals surface area contributed by atoms with E-state index in [1.54, 1.807) is 0 Å². The highest BCUT2D eigenvalue weighted by Crippen LogP contribution is 2.47. The summed E-state index contributed by atoms with van der Waals surface area (Å²) in [7, 11) is 0. The van der Waals surface area contributed by atoms with E-state index in [1.165, 1.54) is 11.1 Å². The Bertz CT molecular complexity index is 697. The number of piperidine rings is 1. The first kappa shape index (κ1) is 17.9. The fourth-order valence-electron chi connectivity index (χ4n) is 4.44. The van der Waals surface area contributed by atoms with Gasteiger partial charge in [0.05, 0.1) is 5.60 Å². The Labute approximate surface area is 151 Å². The van der Waals surface area contributed by atoms with Gasteiger partial charge in [-0.3, -0.25) is 0 Å². The van der Waals surface area contributed by atoms with Crippen molar-refractivity contribution >= 4 is 0 Å². The van der Waals surface area contributed by atoms with Gasteiger partial charge in [-0.2, -0.15) is 0 Å². The maximum Gasteiger partial charge on any atom is 0.0748 e. The fourth-order valence-corrected chi connectivity index (χ4v) is 4.44. The van der Waals surface area contributed by atoms with Crippen LogP contribution in [0.3, 0.4) is 0 Å². The van der Waals surface area contributed by atoms with Crippen LogP contribution in [0.2, 0.25) is 0 Å². The lowest BCUT2D eigenvalue weighted by molar-refractivity contribution is -0.0759. The van der Waals surface area contributed by atoms with Crippen molar-refractivity contribution in [3.8, 4) is 0 Å². The molecule has 0 radical (unpaired) electrons. The zero-order chi connectivity index (χ0) is 17.9. The van der Waals surface area contributed by atoms with E-state index in [0.717, 1.165) is 12.0 Å². The van der Waals surface area contributed by atoms with Crippen molar-refractivity contribution in [1.82, 2.24) is 5.32 Å². The highest BCUT2D eigenvalue weighted by atomic mass is 16.3. The number of hydrogen-bond acceptors (Lipinski definition) is 2. The molecule has 4 atom stereocenters. The molecule has 0 saturated carbocycles. The molecule has 2 aromatic rings. The molecule has 1 aliphatic rings. The van der Waals surface area contributed by atoms with Gasteiger partial charge in [-0.25, -0.2) is 0 Å². The van der Waals surface area contributed by atoms with Crippen LogP contribution in [-0.2, 0) is 0 Å². The summed E-state index contributed by atoms with van der Waals surface area (Å²) in [5.41, 5.74) is 2.78. The molecule has 132 valence electrons. The third-order valence-corrected chi connectivity index (χ3v) is 5.44. The summed E-state index contributed by atoms with van der Waals surface area (Å²) < 4.78 is 0. The molecule has 25 heavy (non-hydrogen) atoms. The zero-order valence-electron chi connectivity index (χ0n) is 15.3. The Morgan fingerprint density at radius 2 is 1.64 bits per heavy atom. The van der Waals surface area contributed by atoms with Crippen molar-refractivity contribution in [1.29, 1.82) is 0 Å². The zero-order valence-corrected chi connectivity index (χ0v) is 15.3. The molecule has 0 aromatic heterocycles. The van der Waals surface area contributed by atoms with Gasteiger partial charge in [0.25, 0.3) is 0 Å². The monoisotopic (exact) mass is 335 g/mol. The van der Waals surface area contributed by atoms with E-state index >= 15 is 0 Å². The van der Waals surface area contributed by atoms with Crippen LogP contribution in [0, 0.1) is 5.92 Å². The largest absolute Gasteiger partial charge is 0.389 e. The van der Waals surface area contributed by atoms with Gasteiger partial charge in [-0.15, -0.1) is 6.58 Å². The minimum Gasteiger partial charge on any atom is -0.389 e. The van der Waals surface area contributed by atoms with Gasteiger partial charge < -0.3 is 10.4 Å². The van der Waals surface area contributed by atoms with E-state index in [9.17, 15) is 5.11 Å². The van der Waals surface area contributed by atoms with E-state index in [4.69, 9.17) is 0 Å². The highest BCUT2D eigenvalue weighted by molar-refractivity contribution is 5.27. The van der Waals surface area contributed by atoms with Crippen molar-refractivity contribution in [2.24, 2.45) is 5.92 Å². The predicted octanol–water partition coefficient (Wildman–Crippen LogP) is 5.19. The predicted molar refractivity (Wildman–Crippen MR) is 104 cm³/mol. The Kier molecular flexibility index (Phi) is 5.41. The second kappa shape index (κ2) is 7.55. The van der Waals surface area contributed by atoms with Crippen LogP contribution < -0.4 is 5.32 Å². The third-order valence-electron chi connectivity index (χ3n) is 5.44. The molecule has 0 amide bonds. The minimum atomic E-state index is -0.743. The lowest BCUT2D eigenvalue weighted by Gasteiger charge is -2.49. The second-order valence-electron chi connectivity index (χ2n) is 7.47. The first-order chi connectivity index (χ1) is 12.0. The van der Waals surface area contributed by atoms with Crippen LogP contribution in [0.5, 0.6) is 0 Å². The van der Waals surface area contributed by atoms with E-state index in [2.05, 4.69) is 67.4 Å². The molecule has 1 aliphatic heterocycles. The van der Waals surface area contributed by atoms with E-state index in [-0.39, 0.29) is 18.0 Å². The molecule has 0 bridgehead atoms. The van der Waals surface area contributed by atoms with Crippen molar-refractivity contribution in [3.63, 3.8) is 0 Å². The summed E-state index contributed by atoms with van der Waals surface area (Å²) in [4.78, 5) is 0. The first-order valence-electron chi connectivity index (χ1n) is 9.26. The molecule has 1 saturated heterocycles. The average molecular weight is 335 g/mol. The molecule has 0 unspecified atom stereocenters. The molecule has 2 nitrogen and oxygen atoms in total. The van der Waals surface area contributed by atoms with Crippen LogP contribution in [0.4, 0.5) is 0 Å². The van der Waals surface area contributed by atoms with E-state index in [0.29, 0.717) is 12.8 Å².